The maximum absolute atomic E-state index is 11.4. The minimum Gasteiger partial charge on any atom is -0.623 e. The first-order valence-electron chi connectivity index (χ1n) is 3.85. The van der Waals surface area contributed by atoms with Crippen LogP contribution in [0.3, 0.4) is 0 Å². The number of hydrogen-bond acceptors (Lipinski definition) is 2. The van der Waals surface area contributed by atoms with E-state index in [9.17, 15) is 5.21 Å². The summed E-state index contributed by atoms with van der Waals surface area (Å²) < 4.78 is 0.985. The van der Waals surface area contributed by atoms with Crippen molar-refractivity contribution in [1.29, 1.82) is 0 Å². The van der Waals surface area contributed by atoms with Crippen molar-refractivity contribution in [3.8, 4) is 0 Å². The van der Waals surface area contributed by atoms with Gasteiger partial charge in [0.15, 0.2) is 11.8 Å². The van der Waals surface area contributed by atoms with Crippen molar-refractivity contribution in [3.63, 3.8) is 0 Å². The van der Waals surface area contributed by atoms with Crippen LogP contribution in [0.5, 0.6) is 0 Å². The Bertz CT molecular complexity index is 269. The first-order chi connectivity index (χ1) is 5.50. The van der Waals surface area contributed by atoms with E-state index in [4.69, 9.17) is 0 Å². The Morgan fingerprint density at radius 3 is 2.58 bits per heavy atom. The molecule has 3 heteroatoms. The lowest BCUT2D eigenvalue weighted by Crippen LogP contribution is -2.29. The summed E-state index contributed by atoms with van der Waals surface area (Å²) in [4.78, 5) is 1.000. The molecule has 0 radical (unpaired) electrons. The van der Waals surface area contributed by atoms with E-state index in [0.717, 1.165) is 9.62 Å². The normalized spacial score (nSPS) is 13.4. The molecule has 0 N–H and O–H groups in total. The van der Waals surface area contributed by atoms with E-state index in [0.29, 0.717) is 0 Å². The second-order valence-electron chi connectivity index (χ2n) is 3.64. The zero-order valence-electron chi connectivity index (χ0n) is 7.57. The fourth-order valence-corrected chi connectivity index (χ4v) is 1.30. The zero-order chi connectivity index (χ0) is 9.19. The molecule has 0 atom stereocenters. The molecule has 0 bridgehead atoms. The van der Waals surface area contributed by atoms with Gasteiger partial charge in [-0.2, -0.15) is 0 Å². The van der Waals surface area contributed by atoms with Gasteiger partial charge in [-0.1, -0.05) is 6.07 Å². The molecule has 2 nitrogen and oxygen atoms in total. The third-order valence-electron chi connectivity index (χ3n) is 1.45. The molecular weight excluding hydrogens is 170 g/mol. The fourth-order valence-electron chi connectivity index (χ4n) is 0.674. The quantitative estimate of drug-likeness (QED) is 0.284. The lowest BCUT2D eigenvalue weighted by atomic mass is 10.1. The molecule has 0 aliphatic carbocycles. The van der Waals surface area contributed by atoms with Crippen LogP contribution in [-0.2, 0) is 0 Å². The highest BCUT2D eigenvalue weighted by molar-refractivity contribution is 7.11. The molecule has 66 valence electrons. The molecule has 1 aromatic rings. The van der Waals surface area contributed by atoms with Crippen molar-refractivity contribution in [2.45, 2.75) is 26.3 Å². The summed E-state index contributed by atoms with van der Waals surface area (Å²) in [6.45, 7) is 5.68. The Morgan fingerprint density at radius 2 is 2.17 bits per heavy atom. The molecule has 0 saturated heterocycles. The smallest absolute Gasteiger partial charge is 0.192 e. The van der Waals surface area contributed by atoms with Crippen LogP contribution in [0.2, 0.25) is 0 Å². The van der Waals surface area contributed by atoms with Crippen LogP contribution in [0.25, 0.3) is 0 Å². The first-order valence-corrected chi connectivity index (χ1v) is 4.73. The maximum atomic E-state index is 11.4. The maximum Gasteiger partial charge on any atom is 0.192 e. The van der Waals surface area contributed by atoms with Crippen LogP contribution in [0.15, 0.2) is 17.5 Å². The number of nitrogens with zero attached hydrogens (tertiary/aromatic N) is 1. The highest BCUT2D eigenvalue weighted by Crippen LogP contribution is 2.09. The Balaban J connectivity index is 2.84. The number of thiophene rings is 1. The zero-order valence-corrected chi connectivity index (χ0v) is 8.39. The molecule has 1 aromatic heterocycles. The summed E-state index contributed by atoms with van der Waals surface area (Å²) in [5.41, 5.74) is -0.343. The molecule has 0 amide bonds. The van der Waals surface area contributed by atoms with Gasteiger partial charge in [-0.3, -0.25) is 0 Å². The largest absolute Gasteiger partial charge is 0.623 e. The number of hydrogen-bond donors (Lipinski definition) is 0. The molecule has 0 aliphatic heterocycles. The van der Waals surface area contributed by atoms with Crippen molar-refractivity contribution in [3.05, 3.63) is 27.6 Å². The number of hydroxylamine groups is 1. The SMILES string of the molecule is CC(C)(C)/[N+]([O-])=C/c1cccs1. The van der Waals surface area contributed by atoms with Gasteiger partial charge in [0.1, 0.15) is 0 Å². The molecule has 0 fully saturated rings. The van der Waals surface area contributed by atoms with Gasteiger partial charge in [0, 0.05) is 20.8 Å². The second kappa shape index (κ2) is 3.27. The van der Waals surface area contributed by atoms with Gasteiger partial charge in [-0.15, -0.1) is 11.3 Å². The molecule has 1 rings (SSSR count). The average Bonchev–Trinajstić information content (AvgIpc) is 2.37. The standard InChI is InChI=1S/C9H13NOS/c1-9(2,3)10(11)7-8-5-4-6-12-8/h4-7H,1-3H3/b10-7-. The average molecular weight is 183 g/mol. The lowest BCUT2D eigenvalue weighted by molar-refractivity contribution is -0.530. The van der Waals surface area contributed by atoms with Gasteiger partial charge < -0.3 is 5.21 Å². The third kappa shape index (κ3) is 2.34. The van der Waals surface area contributed by atoms with E-state index in [2.05, 4.69) is 0 Å². The van der Waals surface area contributed by atoms with Crippen molar-refractivity contribution < 1.29 is 4.74 Å². The van der Waals surface area contributed by atoms with E-state index in [1.54, 1.807) is 17.6 Å². The Kier molecular flexibility index (Phi) is 2.52. The predicted octanol–water partition coefficient (Wildman–Crippen LogP) is 2.48. The number of rotatable bonds is 1. The van der Waals surface area contributed by atoms with Crippen LogP contribution in [-0.4, -0.2) is 16.5 Å². The third-order valence-corrected chi connectivity index (χ3v) is 2.26. The molecule has 0 spiro atoms. The summed E-state index contributed by atoms with van der Waals surface area (Å²) >= 11 is 1.57. The van der Waals surface area contributed by atoms with Gasteiger partial charge in [-0.25, -0.2) is 4.74 Å². The van der Waals surface area contributed by atoms with Crippen LogP contribution in [0.1, 0.15) is 25.6 Å². The van der Waals surface area contributed by atoms with Crippen LogP contribution in [0.4, 0.5) is 0 Å². The minimum atomic E-state index is -0.343. The fraction of sp³-hybridized carbons (Fsp3) is 0.444. The Hall–Kier alpha value is -0.830. The monoisotopic (exact) mass is 183 g/mol. The Labute approximate surface area is 76.8 Å². The summed E-state index contributed by atoms with van der Waals surface area (Å²) in [6.07, 6.45) is 1.63. The lowest BCUT2D eigenvalue weighted by Gasteiger charge is -2.18. The van der Waals surface area contributed by atoms with Gasteiger partial charge in [-0.05, 0) is 11.4 Å². The van der Waals surface area contributed by atoms with Crippen molar-refractivity contribution >= 4 is 17.6 Å². The van der Waals surface area contributed by atoms with E-state index in [-0.39, 0.29) is 5.54 Å². The van der Waals surface area contributed by atoms with Crippen molar-refractivity contribution in [2.24, 2.45) is 0 Å². The topological polar surface area (TPSA) is 26.1 Å². The highest BCUT2D eigenvalue weighted by Gasteiger charge is 2.17. The van der Waals surface area contributed by atoms with E-state index in [1.807, 2.05) is 38.3 Å². The van der Waals surface area contributed by atoms with Crippen molar-refractivity contribution in [1.82, 2.24) is 0 Å². The summed E-state index contributed by atoms with van der Waals surface area (Å²) in [5.74, 6) is 0. The molecule has 0 aliphatic rings. The molecule has 0 unspecified atom stereocenters. The van der Waals surface area contributed by atoms with Crippen LogP contribution >= 0.6 is 11.3 Å². The van der Waals surface area contributed by atoms with Gasteiger partial charge in [0.2, 0.25) is 0 Å². The Morgan fingerprint density at radius 1 is 1.50 bits per heavy atom. The summed E-state index contributed by atoms with van der Waals surface area (Å²) in [6, 6.07) is 3.87. The molecule has 0 aromatic carbocycles. The first kappa shape index (κ1) is 9.26. The van der Waals surface area contributed by atoms with Crippen LogP contribution in [0, 0.1) is 5.21 Å². The minimum absolute atomic E-state index is 0.343. The van der Waals surface area contributed by atoms with Gasteiger partial charge in [0.25, 0.3) is 0 Å². The van der Waals surface area contributed by atoms with Gasteiger partial charge in [0.05, 0.1) is 4.88 Å². The molecule has 1 heterocycles. The summed E-state index contributed by atoms with van der Waals surface area (Å²) in [5, 5.41) is 13.4. The van der Waals surface area contributed by atoms with Crippen LogP contribution < -0.4 is 0 Å². The molecule has 0 saturated carbocycles. The van der Waals surface area contributed by atoms with E-state index in [1.165, 1.54) is 0 Å². The second-order valence-corrected chi connectivity index (χ2v) is 4.62. The van der Waals surface area contributed by atoms with E-state index < -0.39 is 0 Å². The van der Waals surface area contributed by atoms with Gasteiger partial charge >= 0.3 is 0 Å². The highest BCUT2D eigenvalue weighted by atomic mass is 32.1. The molecule has 12 heavy (non-hydrogen) atoms. The van der Waals surface area contributed by atoms with E-state index >= 15 is 0 Å². The van der Waals surface area contributed by atoms with Crippen molar-refractivity contribution in [2.75, 3.05) is 0 Å². The summed E-state index contributed by atoms with van der Waals surface area (Å²) in [7, 11) is 0. The molecular formula is C9H13NOS. The predicted molar refractivity (Wildman–Crippen MR) is 52.9 cm³/mol.